The summed E-state index contributed by atoms with van der Waals surface area (Å²) in [6, 6.07) is 12.8. The lowest BCUT2D eigenvalue weighted by atomic mass is 9.98. The molecule has 1 aliphatic carbocycles. The van der Waals surface area contributed by atoms with E-state index in [0.717, 1.165) is 30.6 Å². The van der Waals surface area contributed by atoms with E-state index >= 15 is 0 Å². The number of nitrogens with one attached hydrogen (secondary N) is 1. The Hall–Kier alpha value is -2.38. The van der Waals surface area contributed by atoms with Crippen LogP contribution < -0.4 is 9.46 Å². The Morgan fingerprint density at radius 3 is 2.48 bits per heavy atom. The fourth-order valence-corrected chi connectivity index (χ4v) is 5.08. The number of rotatable bonds is 6. The average Bonchev–Trinajstić information content (AvgIpc) is 3.38. The molecule has 1 saturated heterocycles. The van der Waals surface area contributed by atoms with E-state index in [-0.39, 0.29) is 22.8 Å². The molecule has 2 fully saturated rings. The monoisotopic (exact) mass is 414 g/mol. The van der Waals surface area contributed by atoms with Crippen LogP contribution in [-0.4, -0.2) is 45.5 Å². The maximum absolute atomic E-state index is 13.1. The van der Waals surface area contributed by atoms with Gasteiger partial charge < -0.3 is 9.64 Å². The van der Waals surface area contributed by atoms with Gasteiger partial charge in [0, 0.05) is 30.6 Å². The molecule has 2 aromatic carbocycles. The first-order valence-corrected chi connectivity index (χ1v) is 11.4. The SMILES string of the molecule is COc1ccc(C2CCN(C(=O)c3cc(S(=O)(=O)NC4CC4)ccc3C)C2)cc1. The van der Waals surface area contributed by atoms with Gasteiger partial charge in [-0.2, -0.15) is 0 Å². The first-order chi connectivity index (χ1) is 13.9. The molecule has 0 radical (unpaired) electrons. The molecule has 1 amide bonds. The summed E-state index contributed by atoms with van der Waals surface area (Å²) in [6.07, 6.45) is 2.63. The van der Waals surface area contributed by atoms with Crippen LogP contribution in [0.3, 0.4) is 0 Å². The zero-order valence-corrected chi connectivity index (χ0v) is 17.5. The molecule has 6 nitrogen and oxygen atoms in total. The minimum Gasteiger partial charge on any atom is -0.497 e. The molecule has 1 heterocycles. The van der Waals surface area contributed by atoms with Gasteiger partial charge in [-0.1, -0.05) is 18.2 Å². The third-order valence-electron chi connectivity index (χ3n) is 5.71. The Morgan fingerprint density at radius 2 is 1.83 bits per heavy atom. The molecule has 29 heavy (non-hydrogen) atoms. The van der Waals surface area contributed by atoms with Crippen molar-refractivity contribution in [1.29, 1.82) is 0 Å². The molecular formula is C22H26N2O4S. The Labute approximate surface area is 171 Å². The zero-order chi connectivity index (χ0) is 20.6. The van der Waals surface area contributed by atoms with Crippen LogP contribution in [0.1, 0.15) is 46.7 Å². The molecule has 1 atom stereocenters. The molecule has 0 aromatic heterocycles. The number of nitrogens with zero attached hydrogens (tertiary/aromatic N) is 1. The number of methoxy groups -OCH3 is 1. The highest BCUT2D eigenvalue weighted by Gasteiger charge is 2.31. The lowest BCUT2D eigenvalue weighted by molar-refractivity contribution is 0.0790. The number of sulfonamides is 1. The normalized spacial score (nSPS) is 19.4. The van der Waals surface area contributed by atoms with Crippen molar-refractivity contribution in [2.75, 3.05) is 20.2 Å². The summed E-state index contributed by atoms with van der Waals surface area (Å²) in [6.45, 7) is 3.13. The maximum atomic E-state index is 13.1. The number of hydrogen-bond acceptors (Lipinski definition) is 4. The van der Waals surface area contributed by atoms with Gasteiger partial charge in [0.15, 0.2) is 0 Å². The van der Waals surface area contributed by atoms with E-state index in [1.807, 2.05) is 36.1 Å². The van der Waals surface area contributed by atoms with Gasteiger partial charge in [-0.3, -0.25) is 4.79 Å². The van der Waals surface area contributed by atoms with Gasteiger partial charge in [0.05, 0.1) is 12.0 Å². The lowest BCUT2D eigenvalue weighted by Gasteiger charge is -2.19. The number of benzene rings is 2. The summed E-state index contributed by atoms with van der Waals surface area (Å²) in [5.41, 5.74) is 2.43. The zero-order valence-electron chi connectivity index (χ0n) is 16.7. The van der Waals surface area contributed by atoms with E-state index in [1.165, 1.54) is 11.6 Å². The third kappa shape index (κ3) is 4.31. The van der Waals surface area contributed by atoms with Gasteiger partial charge in [-0.25, -0.2) is 13.1 Å². The van der Waals surface area contributed by atoms with Crippen LogP contribution in [0.25, 0.3) is 0 Å². The van der Waals surface area contributed by atoms with Crippen molar-refractivity contribution in [3.05, 3.63) is 59.2 Å². The Kier molecular flexibility index (Phi) is 5.36. The molecule has 2 aromatic rings. The first kappa shape index (κ1) is 19.9. The van der Waals surface area contributed by atoms with Crippen molar-refractivity contribution in [3.8, 4) is 5.75 Å². The second kappa shape index (κ2) is 7.80. The summed E-state index contributed by atoms with van der Waals surface area (Å²) in [4.78, 5) is 15.1. The molecule has 0 spiro atoms. The second-order valence-electron chi connectivity index (χ2n) is 7.88. The highest BCUT2D eigenvalue weighted by Crippen LogP contribution is 2.30. The van der Waals surface area contributed by atoms with Gasteiger partial charge in [-0.15, -0.1) is 0 Å². The maximum Gasteiger partial charge on any atom is 0.254 e. The summed E-state index contributed by atoms with van der Waals surface area (Å²) in [5, 5.41) is 0. The first-order valence-electron chi connectivity index (χ1n) is 9.93. The van der Waals surface area contributed by atoms with Crippen molar-refractivity contribution in [2.45, 2.75) is 43.0 Å². The molecule has 154 valence electrons. The molecule has 4 rings (SSSR count). The average molecular weight is 415 g/mol. The van der Waals surface area contributed by atoms with Gasteiger partial charge >= 0.3 is 0 Å². The summed E-state index contributed by atoms with van der Waals surface area (Å²) in [5.74, 6) is 0.976. The number of carbonyl (C=O) groups excluding carboxylic acids is 1. The summed E-state index contributed by atoms with van der Waals surface area (Å²) < 4.78 is 33.0. The van der Waals surface area contributed by atoms with Gasteiger partial charge in [0.25, 0.3) is 5.91 Å². The quantitative estimate of drug-likeness (QED) is 0.788. The highest BCUT2D eigenvalue weighted by atomic mass is 32.2. The molecule has 1 N–H and O–H groups in total. The molecule has 2 aliphatic rings. The predicted octanol–water partition coefficient (Wildman–Crippen LogP) is 3.07. The Bertz CT molecular complexity index is 1010. The molecule has 0 bridgehead atoms. The number of hydrogen-bond donors (Lipinski definition) is 1. The fraction of sp³-hybridized carbons (Fsp3) is 0.409. The summed E-state index contributed by atoms with van der Waals surface area (Å²) in [7, 11) is -1.95. The van der Waals surface area contributed by atoms with Crippen LogP contribution in [0.5, 0.6) is 5.75 Å². The Morgan fingerprint density at radius 1 is 1.10 bits per heavy atom. The van der Waals surface area contributed by atoms with Crippen LogP contribution in [-0.2, 0) is 10.0 Å². The van der Waals surface area contributed by atoms with Crippen molar-refractivity contribution < 1.29 is 17.9 Å². The molecule has 1 saturated carbocycles. The fourth-order valence-electron chi connectivity index (χ4n) is 3.75. The van der Waals surface area contributed by atoms with E-state index < -0.39 is 10.0 Å². The van der Waals surface area contributed by atoms with E-state index in [4.69, 9.17) is 4.74 Å². The van der Waals surface area contributed by atoms with Crippen LogP contribution in [0.2, 0.25) is 0 Å². The van der Waals surface area contributed by atoms with Crippen molar-refractivity contribution in [3.63, 3.8) is 0 Å². The molecular weight excluding hydrogens is 388 g/mol. The number of carbonyl (C=O) groups is 1. The molecule has 7 heteroatoms. The van der Waals surface area contributed by atoms with Gasteiger partial charge in [0.1, 0.15) is 5.75 Å². The Balaban J connectivity index is 1.51. The van der Waals surface area contributed by atoms with Gasteiger partial charge in [0.2, 0.25) is 10.0 Å². The minimum atomic E-state index is -3.59. The van der Waals surface area contributed by atoms with Crippen LogP contribution >= 0.6 is 0 Å². The largest absolute Gasteiger partial charge is 0.497 e. The third-order valence-corrected chi connectivity index (χ3v) is 7.23. The minimum absolute atomic E-state index is 0.0318. The number of ether oxygens (including phenoxy) is 1. The van der Waals surface area contributed by atoms with Crippen molar-refractivity contribution in [2.24, 2.45) is 0 Å². The van der Waals surface area contributed by atoms with Gasteiger partial charge in [-0.05, 0) is 61.6 Å². The topological polar surface area (TPSA) is 75.7 Å². The van der Waals surface area contributed by atoms with Crippen molar-refractivity contribution in [1.82, 2.24) is 9.62 Å². The van der Waals surface area contributed by atoms with E-state index in [2.05, 4.69) is 4.72 Å². The number of aryl methyl sites for hydroxylation is 1. The molecule has 1 aliphatic heterocycles. The van der Waals surface area contributed by atoms with Crippen LogP contribution in [0, 0.1) is 6.92 Å². The second-order valence-corrected chi connectivity index (χ2v) is 9.60. The van der Waals surface area contributed by atoms with E-state index in [0.29, 0.717) is 18.7 Å². The summed E-state index contributed by atoms with van der Waals surface area (Å²) >= 11 is 0. The van der Waals surface area contributed by atoms with Crippen LogP contribution in [0.4, 0.5) is 0 Å². The predicted molar refractivity (Wildman–Crippen MR) is 111 cm³/mol. The van der Waals surface area contributed by atoms with E-state index in [9.17, 15) is 13.2 Å². The lowest BCUT2D eigenvalue weighted by Crippen LogP contribution is -2.30. The molecule has 1 unspecified atom stereocenters. The van der Waals surface area contributed by atoms with Crippen molar-refractivity contribution >= 4 is 15.9 Å². The standard InChI is InChI=1S/C22H26N2O4S/c1-15-3-10-20(29(26,27)23-18-6-7-18)13-21(15)22(25)24-12-11-17(14-24)16-4-8-19(28-2)9-5-16/h3-5,8-10,13,17-18,23H,6-7,11-12,14H2,1-2H3. The van der Waals surface area contributed by atoms with E-state index in [1.54, 1.807) is 19.2 Å². The smallest absolute Gasteiger partial charge is 0.254 e. The number of amides is 1. The highest BCUT2D eigenvalue weighted by molar-refractivity contribution is 7.89. The number of likely N-dealkylation sites (tertiary alicyclic amines) is 1. The van der Waals surface area contributed by atoms with Crippen LogP contribution in [0.15, 0.2) is 47.4 Å².